The van der Waals surface area contributed by atoms with Crippen LogP contribution < -0.4 is 4.90 Å². The molecule has 1 amide bonds. The molecule has 1 aliphatic rings. The van der Waals surface area contributed by atoms with Crippen LogP contribution in [-0.2, 0) is 0 Å². The van der Waals surface area contributed by atoms with E-state index in [0.29, 0.717) is 0 Å². The fourth-order valence-electron chi connectivity index (χ4n) is 3.51. The maximum absolute atomic E-state index is 12.9. The van der Waals surface area contributed by atoms with Crippen LogP contribution in [-0.4, -0.2) is 36.4 Å². The molecule has 2 heterocycles. The predicted octanol–water partition coefficient (Wildman–Crippen LogP) is 3.82. The molecule has 0 spiro atoms. The Kier molecular flexibility index (Phi) is 4.84. The van der Waals surface area contributed by atoms with E-state index in [-0.39, 0.29) is 11.9 Å². The first-order valence-electron chi connectivity index (χ1n) is 8.58. The van der Waals surface area contributed by atoms with Crippen molar-refractivity contribution < 1.29 is 4.79 Å². The average Bonchev–Trinajstić information content (AvgIpc) is 2.61. The van der Waals surface area contributed by atoms with Crippen molar-refractivity contribution in [2.75, 3.05) is 25.5 Å². The van der Waals surface area contributed by atoms with E-state index in [1.54, 1.807) is 0 Å². The van der Waals surface area contributed by atoms with Crippen LogP contribution in [0.4, 0.5) is 5.82 Å². The first kappa shape index (κ1) is 16.5. The molecule has 4 heteroatoms. The van der Waals surface area contributed by atoms with E-state index >= 15 is 0 Å². The second-order valence-corrected chi connectivity index (χ2v) is 6.68. The Balaban J connectivity index is 1.90. The van der Waals surface area contributed by atoms with Gasteiger partial charge >= 0.3 is 0 Å². The summed E-state index contributed by atoms with van der Waals surface area (Å²) < 4.78 is 0. The summed E-state index contributed by atoms with van der Waals surface area (Å²) in [6.07, 6.45) is 5.15. The maximum atomic E-state index is 12.9. The number of benzene rings is 1. The van der Waals surface area contributed by atoms with Crippen molar-refractivity contribution in [3.8, 4) is 0 Å². The Morgan fingerprint density at radius 3 is 2.62 bits per heavy atom. The van der Waals surface area contributed by atoms with Gasteiger partial charge in [-0.3, -0.25) is 4.79 Å². The highest BCUT2D eigenvalue weighted by molar-refractivity contribution is 5.94. The highest BCUT2D eigenvalue weighted by atomic mass is 16.2. The van der Waals surface area contributed by atoms with Gasteiger partial charge in [0, 0.05) is 32.4 Å². The third-order valence-corrected chi connectivity index (χ3v) is 4.66. The molecule has 1 saturated heterocycles. The smallest absolute Gasteiger partial charge is 0.254 e. The van der Waals surface area contributed by atoms with Crippen molar-refractivity contribution in [3.05, 3.63) is 59.3 Å². The van der Waals surface area contributed by atoms with Crippen molar-refractivity contribution in [3.63, 3.8) is 0 Å². The lowest BCUT2D eigenvalue weighted by molar-refractivity contribution is 0.0611. The van der Waals surface area contributed by atoms with Gasteiger partial charge in [0.1, 0.15) is 5.82 Å². The molecule has 0 saturated carbocycles. The monoisotopic (exact) mass is 323 g/mol. The van der Waals surface area contributed by atoms with Gasteiger partial charge in [-0.05, 0) is 55.5 Å². The van der Waals surface area contributed by atoms with Gasteiger partial charge in [0.15, 0.2) is 0 Å². The normalized spacial score (nSPS) is 17.6. The second-order valence-electron chi connectivity index (χ2n) is 6.68. The number of amides is 1. The lowest BCUT2D eigenvalue weighted by Gasteiger charge is -2.36. The highest BCUT2D eigenvalue weighted by Gasteiger charge is 2.29. The molecule has 4 nitrogen and oxygen atoms in total. The molecular weight excluding hydrogens is 298 g/mol. The molecule has 1 aromatic carbocycles. The molecule has 126 valence electrons. The summed E-state index contributed by atoms with van der Waals surface area (Å²) in [4.78, 5) is 21.6. The van der Waals surface area contributed by atoms with E-state index in [1.807, 2.05) is 60.4 Å². The first-order valence-corrected chi connectivity index (χ1v) is 8.58. The van der Waals surface area contributed by atoms with E-state index in [0.717, 1.165) is 48.3 Å². The van der Waals surface area contributed by atoms with Gasteiger partial charge < -0.3 is 9.80 Å². The molecule has 0 N–H and O–H groups in total. The first-order chi connectivity index (χ1) is 11.6. The standard InChI is InChI=1S/C20H25N3O/c1-15-13-17(14-21-19(15)22(2)3)18-11-7-8-12-23(18)20(24)16-9-5-4-6-10-16/h4-6,9-10,13-14,18H,7-8,11-12H2,1-3H3/t18-/m0/s1. The minimum absolute atomic E-state index is 0.119. The maximum Gasteiger partial charge on any atom is 0.254 e. The number of pyridine rings is 1. The van der Waals surface area contributed by atoms with Gasteiger partial charge in [0.25, 0.3) is 5.91 Å². The SMILES string of the molecule is Cc1cc([C@@H]2CCCCN2C(=O)c2ccccc2)cnc1N(C)C. The average molecular weight is 323 g/mol. The van der Waals surface area contributed by atoms with Gasteiger partial charge in [-0.1, -0.05) is 18.2 Å². The number of anilines is 1. The topological polar surface area (TPSA) is 36.4 Å². The number of carbonyl (C=O) groups is 1. The fourth-order valence-corrected chi connectivity index (χ4v) is 3.51. The summed E-state index contributed by atoms with van der Waals surface area (Å²) in [6.45, 7) is 2.89. The summed E-state index contributed by atoms with van der Waals surface area (Å²) >= 11 is 0. The van der Waals surface area contributed by atoms with Crippen LogP contribution in [0.2, 0.25) is 0 Å². The summed E-state index contributed by atoms with van der Waals surface area (Å²) in [5.74, 6) is 1.10. The second kappa shape index (κ2) is 7.04. The Morgan fingerprint density at radius 2 is 1.96 bits per heavy atom. The van der Waals surface area contributed by atoms with Crippen LogP contribution >= 0.6 is 0 Å². The van der Waals surface area contributed by atoms with E-state index in [4.69, 9.17) is 0 Å². The fraction of sp³-hybridized carbons (Fsp3) is 0.400. The van der Waals surface area contributed by atoms with Crippen LogP contribution in [0.25, 0.3) is 0 Å². The molecular formula is C20H25N3O. The molecule has 1 atom stereocenters. The summed E-state index contributed by atoms with van der Waals surface area (Å²) in [6, 6.07) is 11.9. The Labute approximate surface area is 144 Å². The third kappa shape index (κ3) is 3.28. The van der Waals surface area contributed by atoms with E-state index in [1.165, 1.54) is 0 Å². The minimum Gasteiger partial charge on any atom is -0.363 e. The van der Waals surface area contributed by atoms with Gasteiger partial charge in [-0.2, -0.15) is 0 Å². The zero-order valence-electron chi connectivity index (χ0n) is 14.7. The molecule has 1 aliphatic heterocycles. The number of hydrogen-bond acceptors (Lipinski definition) is 3. The quantitative estimate of drug-likeness (QED) is 0.861. The molecule has 1 aromatic heterocycles. The van der Waals surface area contributed by atoms with Gasteiger partial charge in [-0.15, -0.1) is 0 Å². The Bertz CT molecular complexity index is 712. The highest BCUT2D eigenvalue weighted by Crippen LogP contribution is 2.33. The van der Waals surface area contributed by atoms with Crippen molar-refractivity contribution in [1.29, 1.82) is 0 Å². The van der Waals surface area contributed by atoms with Crippen LogP contribution in [0.5, 0.6) is 0 Å². The van der Waals surface area contributed by atoms with Gasteiger partial charge in [0.2, 0.25) is 0 Å². The number of nitrogens with zero attached hydrogens (tertiary/aromatic N) is 3. The lowest BCUT2D eigenvalue weighted by atomic mass is 9.94. The molecule has 2 aromatic rings. The number of rotatable bonds is 3. The Morgan fingerprint density at radius 1 is 1.21 bits per heavy atom. The summed E-state index contributed by atoms with van der Waals surface area (Å²) in [5.41, 5.74) is 3.05. The van der Waals surface area contributed by atoms with Crippen molar-refractivity contribution in [2.24, 2.45) is 0 Å². The molecule has 0 bridgehead atoms. The third-order valence-electron chi connectivity index (χ3n) is 4.66. The van der Waals surface area contributed by atoms with Crippen molar-refractivity contribution in [1.82, 2.24) is 9.88 Å². The number of aromatic nitrogens is 1. The molecule has 0 aliphatic carbocycles. The molecule has 3 rings (SSSR count). The molecule has 0 unspecified atom stereocenters. The summed E-state index contributed by atoms with van der Waals surface area (Å²) in [7, 11) is 4.00. The molecule has 1 fully saturated rings. The summed E-state index contributed by atoms with van der Waals surface area (Å²) in [5, 5.41) is 0. The van der Waals surface area contributed by atoms with Crippen molar-refractivity contribution in [2.45, 2.75) is 32.2 Å². The van der Waals surface area contributed by atoms with E-state index in [2.05, 4.69) is 18.0 Å². The number of piperidine rings is 1. The Hall–Kier alpha value is -2.36. The zero-order valence-corrected chi connectivity index (χ0v) is 14.7. The number of carbonyl (C=O) groups excluding carboxylic acids is 1. The van der Waals surface area contributed by atoms with Crippen LogP contribution in [0.1, 0.15) is 46.8 Å². The van der Waals surface area contributed by atoms with Crippen LogP contribution in [0.3, 0.4) is 0 Å². The van der Waals surface area contributed by atoms with E-state index in [9.17, 15) is 4.79 Å². The zero-order chi connectivity index (χ0) is 17.1. The van der Waals surface area contributed by atoms with Crippen LogP contribution in [0.15, 0.2) is 42.6 Å². The van der Waals surface area contributed by atoms with Crippen molar-refractivity contribution >= 4 is 11.7 Å². The van der Waals surface area contributed by atoms with Crippen LogP contribution in [0, 0.1) is 6.92 Å². The predicted molar refractivity (Wildman–Crippen MR) is 97.4 cm³/mol. The van der Waals surface area contributed by atoms with Gasteiger partial charge in [-0.25, -0.2) is 4.98 Å². The van der Waals surface area contributed by atoms with Gasteiger partial charge in [0.05, 0.1) is 6.04 Å². The number of likely N-dealkylation sites (tertiary alicyclic amines) is 1. The lowest BCUT2D eigenvalue weighted by Crippen LogP contribution is -2.38. The largest absolute Gasteiger partial charge is 0.363 e. The molecule has 0 radical (unpaired) electrons. The molecule has 24 heavy (non-hydrogen) atoms. The number of hydrogen-bond donors (Lipinski definition) is 0. The minimum atomic E-state index is 0.119. The van der Waals surface area contributed by atoms with E-state index < -0.39 is 0 Å². The number of aryl methyl sites for hydroxylation is 1.